The minimum Gasteiger partial charge on any atom is -0.373 e. The maximum absolute atomic E-state index is 12.2. The van der Waals surface area contributed by atoms with E-state index in [2.05, 4.69) is 30.3 Å². The summed E-state index contributed by atoms with van der Waals surface area (Å²) in [6.07, 6.45) is 2.78. The molecule has 0 bridgehead atoms. The fourth-order valence-corrected chi connectivity index (χ4v) is 2.88. The molecular weight excluding hydrogens is 260 g/mol. The van der Waals surface area contributed by atoms with Gasteiger partial charge in [-0.3, -0.25) is 4.79 Å². The molecule has 0 radical (unpaired) electrons. The molecule has 2 heteroatoms. The second-order valence-electron chi connectivity index (χ2n) is 5.54. The Morgan fingerprint density at radius 3 is 2.67 bits per heavy atom. The molecule has 21 heavy (non-hydrogen) atoms. The van der Waals surface area contributed by atoms with Crippen molar-refractivity contribution in [3.63, 3.8) is 0 Å². The van der Waals surface area contributed by atoms with Gasteiger partial charge in [-0.25, -0.2) is 0 Å². The van der Waals surface area contributed by atoms with E-state index in [1.807, 2.05) is 24.3 Å². The van der Waals surface area contributed by atoms with Crippen LogP contribution in [-0.4, -0.2) is 12.4 Å². The van der Waals surface area contributed by atoms with Crippen molar-refractivity contribution in [2.24, 2.45) is 0 Å². The molecule has 1 unspecified atom stereocenters. The number of aryl methyl sites for hydroxylation is 1. The third kappa shape index (κ3) is 3.59. The number of hydrogen-bond acceptors (Lipinski definition) is 2. The largest absolute Gasteiger partial charge is 0.373 e. The van der Waals surface area contributed by atoms with Crippen LogP contribution in [0.4, 0.5) is 0 Å². The number of fused-ring (bicyclic) bond motifs is 1. The predicted molar refractivity (Wildman–Crippen MR) is 83.2 cm³/mol. The normalized spacial score (nSPS) is 17.2. The van der Waals surface area contributed by atoms with Crippen molar-refractivity contribution in [3.05, 3.63) is 71.3 Å². The quantitative estimate of drug-likeness (QED) is 0.830. The molecule has 2 nitrogen and oxygen atoms in total. The van der Waals surface area contributed by atoms with Crippen LogP contribution >= 0.6 is 0 Å². The molecule has 2 aromatic carbocycles. The zero-order valence-electron chi connectivity index (χ0n) is 12.1. The highest BCUT2D eigenvalue weighted by Crippen LogP contribution is 2.30. The summed E-state index contributed by atoms with van der Waals surface area (Å²) in [5.41, 5.74) is 3.73. The van der Waals surface area contributed by atoms with E-state index in [0.29, 0.717) is 19.4 Å². The van der Waals surface area contributed by atoms with Gasteiger partial charge in [-0.15, -0.1) is 0 Å². The van der Waals surface area contributed by atoms with Crippen molar-refractivity contribution in [2.45, 2.75) is 31.8 Å². The molecule has 0 aromatic heterocycles. The summed E-state index contributed by atoms with van der Waals surface area (Å²) < 4.78 is 5.81. The van der Waals surface area contributed by atoms with Crippen LogP contribution in [0.1, 0.15) is 35.6 Å². The molecule has 0 amide bonds. The van der Waals surface area contributed by atoms with Gasteiger partial charge in [0.2, 0.25) is 0 Å². The molecule has 0 aliphatic carbocycles. The van der Waals surface area contributed by atoms with Crippen molar-refractivity contribution >= 4 is 5.78 Å². The number of ether oxygens (including phenoxy) is 1. The Morgan fingerprint density at radius 2 is 1.81 bits per heavy atom. The molecular formula is C19H20O2. The number of carbonyl (C=O) groups is 1. The Labute approximate surface area is 125 Å². The summed E-state index contributed by atoms with van der Waals surface area (Å²) in [5.74, 6) is 0.278. The Balaban J connectivity index is 1.58. The molecule has 1 atom stereocenters. The summed E-state index contributed by atoms with van der Waals surface area (Å²) >= 11 is 0. The van der Waals surface area contributed by atoms with Crippen molar-refractivity contribution in [2.75, 3.05) is 6.61 Å². The van der Waals surface area contributed by atoms with Crippen molar-refractivity contribution < 1.29 is 9.53 Å². The fourth-order valence-electron chi connectivity index (χ4n) is 2.88. The predicted octanol–water partition coefficient (Wildman–Crippen LogP) is 3.89. The molecule has 0 saturated heterocycles. The zero-order valence-corrected chi connectivity index (χ0v) is 12.1. The standard InChI is InChI=1S/C19H20O2/c20-17(11-10-15-6-2-1-3-7-15)14-19-18-9-5-4-8-16(18)12-13-21-19/h1-9,19H,10-14H2. The van der Waals surface area contributed by atoms with Crippen LogP contribution in [0.3, 0.4) is 0 Å². The first kappa shape index (κ1) is 14.0. The van der Waals surface area contributed by atoms with E-state index in [1.165, 1.54) is 16.7 Å². The SMILES string of the molecule is O=C(CCc1ccccc1)CC1OCCc2ccccc21. The number of ketones is 1. The molecule has 108 valence electrons. The molecule has 2 aromatic rings. The molecule has 0 saturated carbocycles. The lowest BCUT2D eigenvalue weighted by Gasteiger charge is -2.25. The third-order valence-corrected chi connectivity index (χ3v) is 4.04. The van der Waals surface area contributed by atoms with E-state index >= 15 is 0 Å². The van der Waals surface area contributed by atoms with Gasteiger partial charge in [0.1, 0.15) is 5.78 Å². The van der Waals surface area contributed by atoms with Crippen LogP contribution in [0.25, 0.3) is 0 Å². The van der Waals surface area contributed by atoms with E-state index in [4.69, 9.17) is 4.74 Å². The van der Waals surface area contributed by atoms with Crippen molar-refractivity contribution in [1.29, 1.82) is 0 Å². The summed E-state index contributed by atoms with van der Waals surface area (Å²) in [4.78, 5) is 12.2. The third-order valence-electron chi connectivity index (χ3n) is 4.04. The minimum absolute atomic E-state index is 0.0572. The lowest BCUT2D eigenvalue weighted by molar-refractivity contribution is -0.122. The van der Waals surface area contributed by atoms with Gasteiger partial charge in [0, 0.05) is 12.8 Å². The van der Waals surface area contributed by atoms with Gasteiger partial charge in [0.05, 0.1) is 12.7 Å². The highest BCUT2D eigenvalue weighted by Gasteiger charge is 2.22. The number of hydrogen-bond donors (Lipinski definition) is 0. The van der Waals surface area contributed by atoms with E-state index in [-0.39, 0.29) is 11.9 Å². The second-order valence-corrected chi connectivity index (χ2v) is 5.54. The topological polar surface area (TPSA) is 26.3 Å². The van der Waals surface area contributed by atoms with E-state index < -0.39 is 0 Å². The molecule has 0 N–H and O–H groups in total. The molecule has 0 spiro atoms. The van der Waals surface area contributed by atoms with Gasteiger partial charge in [0.25, 0.3) is 0 Å². The molecule has 1 heterocycles. The van der Waals surface area contributed by atoms with Crippen LogP contribution in [-0.2, 0) is 22.4 Å². The monoisotopic (exact) mass is 280 g/mol. The minimum atomic E-state index is -0.0572. The first-order valence-corrected chi connectivity index (χ1v) is 7.58. The Kier molecular flexibility index (Phi) is 4.46. The molecule has 1 aliphatic rings. The highest BCUT2D eigenvalue weighted by atomic mass is 16.5. The molecule has 3 rings (SSSR count). The maximum Gasteiger partial charge on any atom is 0.136 e. The Hall–Kier alpha value is -1.93. The number of rotatable bonds is 5. The van der Waals surface area contributed by atoms with Gasteiger partial charge in [-0.05, 0) is 29.5 Å². The second kappa shape index (κ2) is 6.68. The zero-order chi connectivity index (χ0) is 14.5. The van der Waals surface area contributed by atoms with E-state index in [1.54, 1.807) is 0 Å². The van der Waals surface area contributed by atoms with Crippen molar-refractivity contribution in [1.82, 2.24) is 0 Å². The van der Waals surface area contributed by atoms with E-state index in [0.717, 1.165) is 12.8 Å². The van der Waals surface area contributed by atoms with Gasteiger partial charge >= 0.3 is 0 Å². The Morgan fingerprint density at radius 1 is 1.05 bits per heavy atom. The lowest BCUT2D eigenvalue weighted by atomic mass is 9.93. The van der Waals surface area contributed by atoms with Gasteiger partial charge in [-0.1, -0.05) is 54.6 Å². The summed E-state index contributed by atoms with van der Waals surface area (Å²) in [6.45, 7) is 0.716. The van der Waals surface area contributed by atoms with Crippen LogP contribution in [0.15, 0.2) is 54.6 Å². The van der Waals surface area contributed by atoms with Crippen LogP contribution in [0.5, 0.6) is 0 Å². The molecule has 0 fully saturated rings. The van der Waals surface area contributed by atoms with Crippen LogP contribution < -0.4 is 0 Å². The van der Waals surface area contributed by atoms with Gasteiger partial charge < -0.3 is 4.74 Å². The van der Waals surface area contributed by atoms with E-state index in [9.17, 15) is 4.79 Å². The molecule has 1 aliphatic heterocycles. The fraction of sp³-hybridized carbons (Fsp3) is 0.316. The first-order valence-electron chi connectivity index (χ1n) is 7.58. The summed E-state index contributed by atoms with van der Waals surface area (Å²) in [5, 5.41) is 0. The smallest absolute Gasteiger partial charge is 0.136 e. The average Bonchev–Trinajstić information content (AvgIpc) is 2.54. The number of Topliss-reactive ketones (excluding diaryl/α,β-unsaturated/α-hetero) is 1. The lowest BCUT2D eigenvalue weighted by Crippen LogP contribution is -2.19. The summed E-state index contributed by atoms with van der Waals surface area (Å²) in [7, 11) is 0. The Bertz CT molecular complexity index is 604. The number of carbonyl (C=O) groups excluding carboxylic acids is 1. The van der Waals surface area contributed by atoms with Gasteiger partial charge in [-0.2, -0.15) is 0 Å². The first-order chi connectivity index (χ1) is 10.3. The van der Waals surface area contributed by atoms with Gasteiger partial charge in [0.15, 0.2) is 0 Å². The van der Waals surface area contributed by atoms with Crippen LogP contribution in [0, 0.1) is 0 Å². The number of benzene rings is 2. The highest BCUT2D eigenvalue weighted by molar-refractivity contribution is 5.79. The van der Waals surface area contributed by atoms with Crippen molar-refractivity contribution in [3.8, 4) is 0 Å². The van der Waals surface area contributed by atoms with Crippen LogP contribution in [0.2, 0.25) is 0 Å². The average molecular weight is 280 g/mol. The summed E-state index contributed by atoms with van der Waals surface area (Å²) in [6, 6.07) is 18.5. The maximum atomic E-state index is 12.2.